The van der Waals surface area contributed by atoms with Crippen molar-refractivity contribution in [3.05, 3.63) is 300 Å². The minimum absolute atomic E-state index is 0. The minimum atomic E-state index is 0. The first-order valence-electron chi connectivity index (χ1n) is 47.9. The molecule has 0 aliphatic heterocycles. The molecule has 0 saturated heterocycles. The van der Waals surface area contributed by atoms with Gasteiger partial charge in [0.2, 0.25) is 0 Å². The Labute approximate surface area is 831 Å². The Morgan fingerprint density at radius 2 is 0.771 bits per heavy atom. The largest absolute Gasteiger partial charge is 0.663 e. The van der Waals surface area contributed by atoms with Crippen molar-refractivity contribution in [2.75, 3.05) is 0 Å². The first kappa shape index (κ1) is 124. The average molecular weight is 2160 g/mol. The summed E-state index contributed by atoms with van der Waals surface area (Å²) in [6.07, 6.45) is 16.7. The fraction of sp³-hybridized carbons (Fsp3) is 0.395. The summed E-state index contributed by atoms with van der Waals surface area (Å²) in [6, 6.07) is 61.3. The number of imidazole rings is 1. The molecule has 708 valence electrons. The smallest absolute Gasteiger partial charge is 0.195 e. The third-order valence-electron chi connectivity index (χ3n) is 18.5. The number of oxazole rings is 1. The van der Waals surface area contributed by atoms with Crippen LogP contribution >= 0.6 is 34.0 Å². The third-order valence-corrected chi connectivity index (χ3v) is 22.0. The number of fused-ring (bicyclic) bond motifs is 9. The van der Waals surface area contributed by atoms with Crippen molar-refractivity contribution in [1.82, 2.24) is 54.8 Å². The standard InChI is InChI=1S/3C12H13N.C11H12N.C10H11N2.C10H11NO.2C10H11NS.C9H10N2S.9C2H6.2W/c1-3-11-6-5-10-8-9(2)4-7-12(10)13-11;1-3-10-7-11-6-9(2)4-5-12(11)13-8-10;1-3-10-6-7-13-12-5-4-9(2)8-11(10)12;1-3-9-7-12-11-6-8(2)4-5-10(9)11;1-3-10-11-8-5-4-7(2)6-9(8)12-10;2*1-3-10-11-8-6-7(2)4-5-9(8)12-10;1-3-10-11-8-5-4-7(2)6-9(8)12-10;1-3-8-11-7-4-6(2)5-10-9(7)12-8;9*1-2;;/h3*4-8H,3H2,1-2H3;4-7H,3H2,1-2H3;4*4-6H,3H2,1-2H3;4-5H,3H2,1-2H3;9*1-2H3;;/q;;;2*-1;;;;;;;;;;;;;;;. The first-order valence-corrected chi connectivity index (χ1v) is 50.4. The van der Waals surface area contributed by atoms with E-state index in [0.29, 0.717) is 0 Å². The molecule has 0 saturated carbocycles. The Morgan fingerprint density at radius 1 is 0.290 bits per heavy atom. The van der Waals surface area contributed by atoms with Gasteiger partial charge >= 0.3 is 0 Å². The molecule has 0 aliphatic rings. The maximum atomic E-state index is 5.46. The van der Waals surface area contributed by atoms with Gasteiger partial charge in [0, 0.05) is 89.0 Å². The average Bonchev–Trinajstić information content (AvgIpc) is 1.80. The molecule has 12 nitrogen and oxygen atoms in total. The molecule has 0 bridgehead atoms. The summed E-state index contributed by atoms with van der Waals surface area (Å²) in [7, 11) is 0. The number of pyridine rings is 4. The van der Waals surface area contributed by atoms with Crippen LogP contribution in [0.5, 0.6) is 0 Å². The Balaban J connectivity index is 0. The fourth-order valence-corrected chi connectivity index (χ4v) is 14.9. The van der Waals surface area contributed by atoms with Crippen molar-refractivity contribution >= 4 is 131 Å². The van der Waals surface area contributed by atoms with Crippen LogP contribution in [0.25, 0.3) is 96.5 Å². The number of benzene rings is 8. The zero-order valence-electron chi connectivity index (χ0n) is 86.8. The molecule has 0 amide bonds. The molecular weight excluding hydrogens is 2000 g/mol. The van der Waals surface area contributed by atoms with E-state index in [-0.39, 0.29) is 42.1 Å². The van der Waals surface area contributed by atoms with Crippen LogP contribution in [0.3, 0.4) is 0 Å². The van der Waals surface area contributed by atoms with Crippen LogP contribution in [-0.2, 0) is 99.9 Å². The van der Waals surface area contributed by atoms with E-state index in [1.165, 1.54) is 113 Å². The molecule has 8 aromatic carbocycles. The molecule has 0 aliphatic carbocycles. The second kappa shape index (κ2) is 71.3. The Hall–Kier alpha value is -9.33. The van der Waals surface area contributed by atoms with Crippen LogP contribution in [0.1, 0.15) is 286 Å². The number of hydrogen-bond acceptors (Lipinski definition) is 13. The maximum absolute atomic E-state index is 5.46. The molecule has 17 heteroatoms. The molecular formula is C114H159N11OS3W2-2. The summed E-state index contributed by atoms with van der Waals surface area (Å²) >= 11 is 5.28. The van der Waals surface area contributed by atoms with Crippen molar-refractivity contribution in [3.63, 3.8) is 0 Å². The second-order valence-electron chi connectivity index (χ2n) is 27.8. The van der Waals surface area contributed by atoms with Gasteiger partial charge in [-0.2, -0.15) is 6.20 Å². The van der Waals surface area contributed by atoms with E-state index in [2.05, 4.69) is 317 Å². The molecule has 0 unspecified atom stereocenters. The predicted octanol–water partition coefficient (Wildman–Crippen LogP) is 34.9. The Bertz CT molecular complexity index is 5580. The number of aryl methyl sites for hydroxylation is 18. The number of thiazole rings is 3. The molecule has 0 spiro atoms. The molecule has 131 heavy (non-hydrogen) atoms. The molecule has 0 radical (unpaired) electrons. The van der Waals surface area contributed by atoms with Crippen LogP contribution in [0.2, 0.25) is 0 Å². The zero-order chi connectivity index (χ0) is 97.1. The Morgan fingerprint density at radius 3 is 1.35 bits per heavy atom. The quantitative estimate of drug-likeness (QED) is 0.135. The monoisotopic (exact) mass is 2160 g/mol. The van der Waals surface area contributed by atoms with Gasteiger partial charge in [-0.25, -0.2) is 24.9 Å². The molecule has 0 atom stereocenters. The van der Waals surface area contributed by atoms with Crippen molar-refractivity contribution in [2.24, 2.45) is 0 Å². The fourth-order valence-electron chi connectivity index (χ4n) is 12.2. The molecule has 10 heterocycles. The number of nitrogens with zero attached hydrogens (tertiary/aromatic N) is 11. The van der Waals surface area contributed by atoms with Crippen molar-refractivity contribution < 1.29 is 46.5 Å². The van der Waals surface area contributed by atoms with Crippen LogP contribution in [-0.4, -0.2) is 44.9 Å². The van der Waals surface area contributed by atoms with Gasteiger partial charge in [-0.05, 0) is 261 Å². The van der Waals surface area contributed by atoms with E-state index >= 15 is 0 Å². The van der Waals surface area contributed by atoms with Crippen LogP contribution in [0, 0.1) is 62.3 Å². The number of hydrogen-bond donors (Lipinski definition) is 0. The van der Waals surface area contributed by atoms with Gasteiger partial charge in [-0.15, -0.1) is 28.2 Å². The van der Waals surface area contributed by atoms with E-state index < -0.39 is 0 Å². The van der Waals surface area contributed by atoms with E-state index in [9.17, 15) is 0 Å². The predicted molar refractivity (Wildman–Crippen MR) is 577 cm³/mol. The van der Waals surface area contributed by atoms with Gasteiger partial charge in [-0.3, -0.25) is 15.0 Å². The molecule has 0 fully saturated rings. The van der Waals surface area contributed by atoms with Gasteiger partial charge in [0.1, 0.15) is 15.9 Å². The van der Waals surface area contributed by atoms with Crippen LogP contribution < -0.4 is 9.97 Å². The SMILES string of the molecule is CC.CC.CC.CC.CC.CC.CC.CC.CC.CCc1c[n-]c2cc(C)ccc12.CCc1ccc2cc(C)ccc2n1.CCc1ccnc2ccc(C)cc12.CCc1cnc2ccc(C)cc2c1.CCc1nc2cc(C)ccc2o1.CCc1nc2cc(C)ccc2s1.CCc1nc2cc(C)cnc2s1.CCc1nc2ccc(C)cc2[n-]1.CCc1nc2ccc(C)cc2s1.[W].[W]. The molecule has 18 aromatic rings. The van der Waals surface area contributed by atoms with Crippen molar-refractivity contribution in [3.8, 4) is 0 Å². The Kier molecular flexibility index (Phi) is 67.3. The summed E-state index contributed by atoms with van der Waals surface area (Å²) in [5.41, 5.74) is 28.2. The summed E-state index contributed by atoms with van der Waals surface area (Å²) in [4.78, 5) is 49.5. The third kappa shape index (κ3) is 41.4. The summed E-state index contributed by atoms with van der Waals surface area (Å²) < 4.78 is 8.08. The summed E-state index contributed by atoms with van der Waals surface area (Å²) in [5, 5.41) is 8.72. The second-order valence-corrected chi connectivity index (χ2v) is 31.1. The summed E-state index contributed by atoms with van der Waals surface area (Å²) in [5.74, 6) is 1.76. The maximum Gasteiger partial charge on any atom is 0.195 e. The number of rotatable bonds is 9. The van der Waals surface area contributed by atoms with Crippen molar-refractivity contribution in [2.45, 2.75) is 307 Å². The normalized spacial score (nSPS) is 9.53. The molecule has 10 aromatic heterocycles. The van der Waals surface area contributed by atoms with Gasteiger partial charge in [0.25, 0.3) is 0 Å². The van der Waals surface area contributed by atoms with E-state index in [0.717, 1.165) is 141 Å². The summed E-state index contributed by atoms with van der Waals surface area (Å²) in [6.45, 7) is 73.9. The topological polar surface area (TPSA) is 157 Å². The molecule has 0 N–H and O–H groups in total. The van der Waals surface area contributed by atoms with Gasteiger partial charge in [0.15, 0.2) is 11.5 Å². The zero-order valence-corrected chi connectivity index (χ0v) is 95.1. The van der Waals surface area contributed by atoms with Crippen LogP contribution in [0.4, 0.5) is 0 Å². The van der Waals surface area contributed by atoms with Gasteiger partial charge < -0.3 is 19.4 Å². The molecule has 18 rings (SSSR count). The number of aromatic nitrogens is 11. The van der Waals surface area contributed by atoms with E-state index in [1.54, 1.807) is 34.0 Å². The van der Waals surface area contributed by atoms with Crippen molar-refractivity contribution in [1.29, 1.82) is 0 Å². The van der Waals surface area contributed by atoms with Gasteiger partial charge in [-0.1, -0.05) is 316 Å². The first-order chi connectivity index (χ1) is 62.7. The minimum Gasteiger partial charge on any atom is -0.663 e. The van der Waals surface area contributed by atoms with E-state index in [1.807, 2.05) is 188 Å². The van der Waals surface area contributed by atoms with Gasteiger partial charge in [0.05, 0.1) is 52.0 Å². The van der Waals surface area contributed by atoms with Crippen LogP contribution in [0.15, 0.2) is 205 Å². The van der Waals surface area contributed by atoms with E-state index in [4.69, 9.17) is 4.42 Å².